The number of Topliss-reactive ketones (excluding diaryl/α,β-unsaturated/α-hetero) is 2. The Morgan fingerprint density at radius 1 is 1.00 bits per heavy atom. The quantitative estimate of drug-likeness (QED) is 0.466. The first-order valence-electron chi connectivity index (χ1n) is 7.19. The predicted octanol–water partition coefficient (Wildman–Crippen LogP) is 1.00. The zero-order valence-electron chi connectivity index (χ0n) is 13.2. The predicted molar refractivity (Wildman–Crippen MR) is 82.7 cm³/mol. The fraction of sp³-hybridized carbons (Fsp3) is 0.733. The van der Waals surface area contributed by atoms with Crippen LogP contribution in [0.2, 0.25) is 0 Å². The van der Waals surface area contributed by atoms with E-state index in [0.717, 1.165) is 31.5 Å². The number of unbranched alkanes of at least 4 members (excludes halogenated alkanes) is 1. The van der Waals surface area contributed by atoms with Crippen molar-refractivity contribution in [2.75, 3.05) is 20.6 Å². The Morgan fingerprint density at radius 2 is 1.55 bits per heavy atom. The van der Waals surface area contributed by atoms with Crippen LogP contribution >= 0.6 is 0 Å². The fourth-order valence-electron chi connectivity index (χ4n) is 2.06. The molecule has 0 rings (SSSR count). The van der Waals surface area contributed by atoms with E-state index < -0.39 is 0 Å². The van der Waals surface area contributed by atoms with Gasteiger partial charge in [0.2, 0.25) is 0 Å². The van der Waals surface area contributed by atoms with E-state index in [2.05, 4.69) is 22.5 Å². The van der Waals surface area contributed by atoms with E-state index in [9.17, 15) is 9.59 Å². The van der Waals surface area contributed by atoms with Crippen LogP contribution in [-0.4, -0.2) is 44.3 Å². The van der Waals surface area contributed by atoms with E-state index in [4.69, 9.17) is 0 Å². The van der Waals surface area contributed by atoms with Gasteiger partial charge in [0, 0.05) is 18.7 Å². The Labute approximate surface area is 122 Å². The summed E-state index contributed by atoms with van der Waals surface area (Å²) in [7, 11) is 3.59. The number of rotatable bonds is 12. The highest BCUT2D eigenvalue weighted by Gasteiger charge is 2.13. The average Bonchev–Trinajstić information content (AvgIpc) is 2.39. The lowest BCUT2D eigenvalue weighted by Crippen LogP contribution is -2.34. The minimum absolute atomic E-state index is 0.0374. The van der Waals surface area contributed by atoms with Gasteiger partial charge in [0.15, 0.2) is 0 Å². The van der Waals surface area contributed by atoms with Crippen molar-refractivity contribution in [1.29, 1.82) is 0 Å². The molecule has 0 aliphatic heterocycles. The molecule has 0 spiro atoms. The highest BCUT2D eigenvalue weighted by Crippen LogP contribution is 2.04. The van der Waals surface area contributed by atoms with Crippen LogP contribution in [0.3, 0.4) is 0 Å². The summed E-state index contributed by atoms with van der Waals surface area (Å²) < 4.78 is 0. The third-order valence-electron chi connectivity index (χ3n) is 3.42. The maximum absolute atomic E-state index is 11.3. The lowest BCUT2D eigenvalue weighted by molar-refractivity contribution is -0.119. The summed E-state index contributed by atoms with van der Waals surface area (Å²) in [6.45, 7) is 7.94. The molecule has 5 nitrogen and oxygen atoms in total. The molecule has 0 heterocycles. The molecule has 20 heavy (non-hydrogen) atoms. The second-order valence-corrected chi connectivity index (χ2v) is 5.13. The van der Waals surface area contributed by atoms with Gasteiger partial charge >= 0.3 is 0 Å². The number of ketones is 2. The van der Waals surface area contributed by atoms with Gasteiger partial charge in [-0.2, -0.15) is 0 Å². The number of carbonyl (C=O) groups is 2. The minimum atomic E-state index is -0.165. The van der Waals surface area contributed by atoms with Crippen molar-refractivity contribution in [2.24, 2.45) is 0 Å². The van der Waals surface area contributed by atoms with Crippen molar-refractivity contribution in [1.82, 2.24) is 16.0 Å². The van der Waals surface area contributed by atoms with Crippen molar-refractivity contribution in [3.8, 4) is 0 Å². The zero-order chi connectivity index (χ0) is 15.5. The van der Waals surface area contributed by atoms with E-state index in [1.54, 1.807) is 20.9 Å². The Kier molecular flexibility index (Phi) is 9.94. The van der Waals surface area contributed by atoms with E-state index in [1.165, 1.54) is 0 Å². The molecule has 0 aliphatic rings. The second-order valence-electron chi connectivity index (χ2n) is 5.13. The largest absolute Gasteiger partial charge is 0.389 e. The molecule has 0 saturated carbocycles. The molecule has 0 unspecified atom stereocenters. The van der Waals surface area contributed by atoms with Gasteiger partial charge in [-0.3, -0.25) is 9.59 Å². The van der Waals surface area contributed by atoms with Gasteiger partial charge in [0.1, 0.15) is 11.6 Å². The smallest absolute Gasteiger partial charge is 0.147 e. The molecule has 0 fully saturated rings. The molecule has 116 valence electrons. The lowest BCUT2D eigenvalue weighted by atomic mass is 10.1. The third-order valence-corrected chi connectivity index (χ3v) is 3.42. The Balaban J connectivity index is 3.77. The van der Waals surface area contributed by atoms with Crippen LogP contribution in [0.15, 0.2) is 12.3 Å². The molecule has 0 radical (unpaired) electrons. The molecule has 0 aromatic heterocycles. The van der Waals surface area contributed by atoms with E-state index >= 15 is 0 Å². The van der Waals surface area contributed by atoms with Crippen LogP contribution in [0.4, 0.5) is 0 Å². The van der Waals surface area contributed by atoms with Crippen LogP contribution in [0.5, 0.6) is 0 Å². The van der Waals surface area contributed by atoms with Crippen LogP contribution in [0, 0.1) is 0 Å². The number of carbonyl (C=O) groups excluding carboxylic acids is 2. The highest BCUT2D eigenvalue weighted by atomic mass is 16.1. The van der Waals surface area contributed by atoms with Crippen molar-refractivity contribution in [2.45, 2.75) is 51.6 Å². The van der Waals surface area contributed by atoms with Gasteiger partial charge in [-0.05, 0) is 47.2 Å². The van der Waals surface area contributed by atoms with Gasteiger partial charge in [-0.1, -0.05) is 6.58 Å². The Bertz CT molecular complexity index is 329. The standard InChI is InChI=1S/C15H29N3O2/c1-11(10-15(17-5)13(3)20)18-9-7-6-8-14(16-4)12(2)19/h14-18H,1,6-10H2,2-5H3/t14-,15-/m0/s1. The molecule has 0 amide bonds. The topological polar surface area (TPSA) is 70.2 Å². The van der Waals surface area contributed by atoms with Gasteiger partial charge in [0.05, 0.1) is 12.1 Å². The van der Waals surface area contributed by atoms with Crippen molar-refractivity contribution in [3.63, 3.8) is 0 Å². The van der Waals surface area contributed by atoms with Gasteiger partial charge in [-0.15, -0.1) is 0 Å². The summed E-state index contributed by atoms with van der Waals surface area (Å²) in [6.07, 6.45) is 3.42. The lowest BCUT2D eigenvalue weighted by Gasteiger charge is -2.16. The molecule has 0 bridgehead atoms. The molecule has 5 heteroatoms. The van der Waals surface area contributed by atoms with Gasteiger partial charge < -0.3 is 16.0 Å². The first kappa shape index (κ1) is 18.8. The summed E-state index contributed by atoms with van der Waals surface area (Å²) in [4.78, 5) is 22.5. The molecule has 0 aromatic carbocycles. The van der Waals surface area contributed by atoms with E-state index in [1.807, 2.05) is 7.05 Å². The molecular weight excluding hydrogens is 254 g/mol. The van der Waals surface area contributed by atoms with E-state index in [0.29, 0.717) is 6.42 Å². The molecule has 0 aliphatic carbocycles. The van der Waals surface area contributed by atoms with Crippen LogP contribution in [0.1, 0.15) is 39.5 Å². The Morgan fingerprint density at radius 3 is 2.00 bits per heavy atom. The van der Waals surface area contributed by atoms with Crippen LogP contribution in [-0.2, 0) is 9.59 Å². The molecule has 0 aromatic rings. The summed E-state index contributed by atoms with van der Waals surface area (Å²) in [5.41, 5.74) is 0.872. The maximum Gasteiger partial charge on any atom is 0.147 e. The molecular formula is C15H29N3O2. The third kappa shape index (κ3) is 8.07. The minimum Gasteiger partial charge on any atom is -0.389 e. The number of nitrogens with one attached hydrogen (secondary N) is 3. The average molecular weight is 283 g/mol. The summed E-state index contributed by atoms with van der Waals surface area (Å²) >= 11 is 0. The van der Waals surface area contributed by atoms with Crippen molar-refractivity contribution < 1.29 is 9.59 Å². The SMILES string of the molecule is C=C(C[C@H](NC)C(C)=O)NCCCC[C@H](NC)C(C)=O. The number of likely N-dealkylation sites (N-methyl/N-ethyl adjacent to an activating group) is 2. The van der Waals surface area contributed by atoms with Gasteiger partial charge in [0.25, 0.3) is 0 Å². The van der Waals surface area contributed by atoms with Crippen LogP contribution in [0.25, 0.3) is 0 Å². The Hall–Kier alpha value is -1.20. The maximum atomic E-state index is 11.3. The summed E-state index contributed by atoms with van der Waals surface area (Å²) in [6, 6.07) is -0.203. The monoisotopic (exact) mass is 283 g/mol. The van der Waals surface area contributed by atoms with Crippen LogP contribution < -0.4 is 16.0 Å². The highest BCUT2D eigenvalue weighted by molar-refractivity contribution is 5.81. The first-order valence-corrected chi connectivity index (χ1v) is 7.19. The molecule has 2 atom stereocenters. The second kappa shape index (κ2) is 10.6. The number of hydrogen-bond donors (Lipinski definition) is 3. The summed E-state index contributed by atoms with van der Waals surface area (Å²) in [5.74, 6) is 0.303. The molecule has 3 N–H and O–H groups in total. The van der Waals surface area contributed by atoms with Gasteiger partial charge in [-0.25, -0.2) is 0 Å². The normalized spacial score (nSPS) is 13.6. The number of hydrogen-bond acceptors (Lipinski definition) is 5. The zero-order valence-corrected chi connectivity index (χ0v) is 13.2. The van der Waals surface area contributed by atoms with Crippen molar-refractivity contribution in [3.05, 3.63) is 12.3 Å². The van der Waals surface area contributed by atoms with Crippen molar-refractivity contribution >= 4 is 11.6 Å². The molecule has 0 saturated heterocycles. The first-order chi connectivity index (χ1) is 9.42. The fourth-order valence-corrected chi connectivity index (χ4v) is 2.06. The summed E-state index contributed by atoms with van der Waals surface area (Å²) in [5, 5.41) is 9.22. The van der Waals surface area contributed by atoms with E-state index in [-0.39, 0.29) is 23.7 Å².